The highest BCUT2D eigenvalue weighted by molar-refractivity contribution is 7.80. The minimum Gasteiger partial charge on any atom is -0.478 e. The van der Waals surface area contributed by atoms with Gasteiger partial charge in [0.2, 0.25) is 0 Å². The molecule has 0 heterocycles. The Morgan fingerprint density at radius 2 is 1.52 bits per heavy atom. The summed E-state index contributed by atoms with van der Waals surface area (Å²) in [4.78, 5) is 22.2. The Morgan fingerprint density at radius 1 is 0.963 bits per heavy atom. The maximum atomic E-state index is 12.3. The molecule has 0 saturated carbocycles. The molecular formula is C18H17Cl2N3O3S. The van der Waals surface area contributed by atoms with Gasteiger partial charge in [-0.25, -0.2) is 4.79 Å². The van der Waals surface area contributed by atoms with Crippen molar-refractivity contribution >= 4 is 58.1 Å². The molecule has 0 aliphatic rings. The quantitative estimate of drug-likeness (QED) is 0.321. The van der Waals surface area contributed by atoms with E-state index in [0.29, 0.717) is 11.3 Å². The average molecular weight is 426 g/mol. The van der Waals surface area contributed by atoms with Crippen molar-refractivity contribution in [3.05, 3.63) is 65.2 Å². The second-order valence-corrected chi connectivity index (χ2v) is 7.20. The summed E-state index contributed by atoms with van der Waals surface area (Å²) in [6.45, 7) is 1.92. The number of carbonyl (C=O) groups is 2. The highest BCUT2D eigenvalue weighted by Gasteiger charge is 2.21. The molecule has 2 aromatic rings. The van der Waals surface area contributed by atoms with Gasteiger partial charge in [0.25, 0.3) is 5.91 Å². The Bertz CT molecular complexity index is 827. The van der Waals surface area contributed by atoms with E-state index in [4.69, 9.17) is 40.5 Å². The van der Waals surface area contributed by atoms with Crippen LogP contribution in [0.5, 0.6) is 0 Å². The number of hydrogen-bond donors (Lipinski definition) is 4. The van der Waals surface area contributed by atoms with Crippen LogP contribution in [0, 0.1) is 6.92 Å². The highest BCUT2D eigenvalue weighted by atomic mass is 35.5. The molecule has 2 rings (SSSR count). The molecule has 0 aliphatic heterocycles. The van der Waals surface area contributed by atoms with Crippen LogP contribution in [0.3, 0.4) is 0 Å². The normalized spacial score (nSPS) is 11.6. The number of halogens is 2. The zero-order valence-corrected chi connectivity index (χ0v) is 16.5. The van der Waals surface area contributed by atoms with E-state index < -0.39 is 17.0 Å². The van der Waals surface area contributed by atoms with Gasteiger partial charge in [-0.15, -0.1) is 23.2 Å². The predicted octanol–water partition coefficient (Wildman–Crippen LogP) is 3.54. The summed E-state index contributed by atoms with van der Waals surface area (Å²) < 4.78 is 0. The van der Waals surface area contributed by atoms with Crippen LogP contribution in [0.2, 0.25) is 0 Å². The topological polar surface area (TPSA) is 90.5 Å². The lowest BCUT2D eigenvalue weighted by Crippen LogP contribution is -2.52. The van der Waals surface area contributed by atoms with Crippen LogP contribution in [0.1, 0.15) is 26.3 Å². The van der Waals surface area contributed by atoms with Gasteiger partial charge < -0.3 is 21.1 Å². The van der Waals surface area contributed by atoms with Crippen LogP contribution < -0.4 is 16.0 Å². The van der Waals surface area contributed by atoms with E-state index in [2.05, 4.69) is 16.0 Å². The van der Waals surface area contributed by atoms with Crippen LogP contribution in [-0.4, -0.2) is 33.1 Å². The predicted molar refractivity (Wildman–Crippen MR) is 111 cm³/mol. The summed E-state index contributed by atoms with van der Waals surface area (Å²) in [5, 5.41) is 17.4. The number of nitrogens with one attached hydrogen (secondary N) is 3. The number of benzene rings is 2. The smallest absolute Gasteiger partial charge is 0.335 e. The van der Waals surface area contributed by atoms with E-state index in [1.165, 1.54) is 12.1 Å². The Balaban J connectivity index is 1.98. The maximum absolute atomic E-state index is 12.3. The standard InChI is InChI=1S/C18H17Cl2N3O3S/c1-10-2-4-11(5-3-10)16(24)22-15(14(19)20)23-18(27)21-13-8-6-12(7-9-13)17(25)26/h2-9,14-15H,1H3,(H,22,24)(H,25,26)(H2,21,23,27). The summed E-state index contributed by atoms with van der Waals surface area (Å²) >= 11 is 17.1. The van der Waals surface area contributed by atoms with E-state index >= 15 is 0 Å². The molecule has 0 bridgehead atoms. The fourth-order valence-electron chi connectivity index (χ4n) is 2.10. The van der Waals surface area contributed by atoms with Crippen molar-refractivity contribution in [3.8, 4) is 0 Å². The molecule has 1 amide bonds. The maximum Gasteiger partial charge on any atom is 0.335 e. The number of anilines is 1. The number of carboxylic acids is 1. The molecule has 1 atom stereocenters. The number of aryl methyl sites for hydroxylation is 1. The fraction of sp³-hybridized carbons (Fsp3) is 0.167. The van der Waals surface area contributed by atoms with E-state index in [-0.39, 0.29) is 16.6 Å². The van der Waals surface area contributed by atoms with Gasteiger partial charge in [0.1, 0.15) is 11.0 Å². The van der Waals surface area contributed by atoms with Crippen LogP contribution in [0.25, 0.3) is 0 Å². The third-order valence-corrected chi connectivity index (χ3v) is 4.25. The molecule has 0 saturated heterocycles. The first kappa shape index (κ1) is 21.0. The lowest BCUT2D eigenvalue weighted by molar-refractivity contribution is 0.0696. The zero-order chi connectivity index (χ0) is 20.0. The van der Waals surface area contributed by atoms with Gasteiger partial charge >= 0.3 is 5.97 Å². The van der Waals surface area contributed by atoms with Crippen molar-refractivity contribution in [3.63, 3.8) is 0 Å². The number of carboxylic acid groups (broad SMARTS) is 1. The Labute approximate surface area is 171 Å². The minimum atomic E-state index is -1.02. The number of thiocarbonyl (C=S) groups is 1. The van der Waals surface area contributed by atoms with Crippen molar-refractivity contribution in [1.29, 1.82) is 0 Å². The van der Waals surface area contributed by atoms with Gasteiger partial charge in [0, 0.05) is 11.3 Å². The largest absolute Gasteiger partial charge is 0.478 e. The molecule has 2 aromatic carbocycles. The number of aromatic carboxylic acids is 1. The van der Waals surface area contributed by atoms with E-state index in [0.717, 1.165) is 5.56 Å². The summed E-state index contributed by atoms with van der Waals surface area (Å²) in [7, 11) is 0. The Hall–Kier alpha value is -2.35. The van der Waals surface area contributed by atoms with E-state index in [1.54, 1.807) is 24.3 Å². The summed E-state index contributed by atoms with van der Waals surface area (Å²) in [6, 6.07) is 13.0. The van der Waals surface area contributed by atoms with Gasteiger partial charge in [-0.2, -0.15) is 0 Å². The summed E-state index contributed by atoms with van der Waals surface area (Å²) in [6.07, 6.45) is -0.833. The first-order chi connectivity index (χ1) is 12.8. The first-order valence-electron chi connectivity index (χ1n) is 7.83. The van der Waals surface area contributed by atoms with Crippen LogP contribution >= 0.6 is 35.4 Å². The average Bonchev–Trinajstić information content (AvgIpc) is 2.62. The molecule has 0 aromatic heterocycles. The highest BCUT2D eigenvalue weighted by Crippen LogP contribution is 2.11. The van der Waals surface area contributed by atoms with Crippen LogP contribution in [0.15, 0.2) is 48.5 Å². The van der Waals surface area contributed by atoms with Crippen LogP contribution in [-0.2, 0) is 0 Å². The fourth-order valence-corrected chi connectivity index (χ4v) is 2.59. The van der Waals surface area contributed by atoms with Gasteiger partial charge in [-0.3, -0.25) is 4.79 Å². The number of amides is 1. The molecular weight excluding hydrogens is 409 g/mol. The van der Waals surface area contributed by atoms with Crippen molar-refractivity contribution in [2.24, 2.45) is 0 Å². The zero-order valence-electron chi connectivity index (χ0n) is 14.2. The SMILES string of the molecule is Cc1ccc(C(=O)NC(NC(=S)Nc2ccc(C(=O)O)cc2)C(Cl)Cl)cc1. The Morgan fingerprint density at radius 3 is 2.04 bits per heavy atom. The minimum absolute atomic E-state index is 0.157. The number of rotatable bonds is 6. The lowest BCUT2D eigenvalue weighted by atomic mass is 10.1. The number of hydrogen-bond acceptors (Lipinski definition) is 3. The monoisotopic (exact) mass is 425 g/mol. The molecule has 27 heavy (non-hydrogen) atoms. The van der Waals surface area contributed by atoms with Crippen molar-refractivity contribution < 1.29 is 14.7 Å². The second kappa shape index (κ2) is 9.55. The van der Waals surface area contributed by atoms with E-state index in [1.807, 2.05) is 19.1 Å². The third-order valence-electron chi connectivity index (χ3n) is 3.53. The van der Waals surface area contributed by atoms with Crippen LogP contribution in [0.4, 0.5) is 5.69 Å². The Kier molecular flexibility index (Phi) is 7.41. The molecule has 1 unspecified atom stereocenters. The van der Waals surface area contributed by atoms with Gasteiger partial charge in [-0.1, -0.05) is 17.7 Å². The number of carbonyl (C=O) groups excluding carboxylic acids is 1. The second-order valence-electron chi connectivity index (χ2n) is 5.63. The number of alkyl halides is 2. The molecule has 0 radical (unpaired) electrons. The van der Waals surface area contributed by atoms with Gasteiger partial charge in [0.05, 0.1) is 5.56 Å². The third kappa shape index (κ3) is 6.39. The summed E-state index contributed by atoms with van der Waals surface area (Å²) in [5.41, 5.74) is 2.23. The first-order valence-corrected chi connectivity index (χ1v) is 9.11. The van der Waals surface area contributed by atoms with Crippen molar-refractivity contribution in [2.45, 2.75) is 17.9 Å². The van der Waals surface area contributed by atoms with Crippen molar-refractivity contribution in [1.82, 2.24) is 10.6 Å². The van der Waals surface area contributed by atoms with Gasteiger partial charge in [0.15, 0.2) is 5.11 Å². The van der Waals surface area contributed by atoms with Crippen molar-refractivity contribution in [2.75, 3.05) is 5.32 Å². The molecule has 142 valence electrons. The lowest BCUT2D eigenvalue weighted by Gasteiger charge is -2.23. The molecule has 0 spiro atoms. The molecule has 9 heteroatoms. The molecule has 6 nitrogen and oxygen atoms in total. The molecule has 4 N–H and O–H groups in total. The molecule has 0 fully saturated rings. The molecule has 0 aliphatic carbocycles. The van der Waals surface area contributed by atoms with Gasteiger partial charge in [-0.05, 0) is 55.5 Å². The van der Waals surface area contributed by atoms with E-state index in [9.17, 15) is 9.59 Å². The summed E-state index contributed by atoms with van der Waals surface area (Å²) in [5.74, 6) is -1.37.